The van der Waals surface area contributed by atoms with Gasteiger partial charge in [0, 0.05) is 11.7 Å². The molecule has 1 unspecified atom stereocenters. The van der Waals surface area contributed by atoms with Gasteiger partial charge in [0.1, 0.15) is 6.67 Å². The Morgan fingerprint density at radius 2 is 2.00 bits per heavy atom. The van der Waals surface area contributed by atoms with Crippen molar-refractivity contribution in [1.29, 1.82) is 0 Å². The van der Waals surface area contributed by atoms with Crippen molar-refractivity contribution in [3.8, 4) is 0 Å². The van der Waals surface area contributed by atoms with Crippen LogP contribution >= 0.6 is 0 Å². The summed E-state index contributed by atoms with van der Waals surface area (Å²) in [6.07, 6.45) is 7.36. The number of halogens is 1. The monoisotopic (exact) mass is 197 g/mol. The number of rotatable bonds is 5. The maximum absolute atomic E-state index is 11.9. The molecule has 0 saturated carbocycles. The summed E-state index contributed by atoms with van der Waals surface area (Å²) >= 11 is 0. The van der Waals surface area contributed by atoms with E-state index in [-0.39, 0.29) is 6.04 Å². The highest BCUT2D eigenvalue weighted by atomic mass is 19.1. The van der Waals surface area contributed by atoms with Gasteiger partial charge in [-0.05, 0) is 33.3 Å². The van der Waals surface area contributed by atoms with Crippen LogP contribution in [-0.4, -0.2) is 12.7 Å². The molecule has 1 N–H and O–H groups in total. The Balaban J connectivity index is 4.33. The molecule has 0 spiro atoms. The molecule has 0 saturated heterocycles. The SMILES string of the molecule is C/C=C(\C)NC(C)C(/C=C\CF)=C/C. The number of hydrogen-bond acceptors (Lipinski definition) is 1. The third-order valence-corrected chi connectivity index (χ3v) is 2.11. The zero-order valence-corrected chi connectivity index (χ0v) is 9.47. The average molecular weight is 197 g/mol. The molecule has 0 aromatic heterocycles. The van der Waals surface area contributed by atoms with Crippen molar-refractivity contribution in [2.24, 2.45) is 0 Å². The van der Waals surface area contributed by atoms with E-state index >= 15 is 0 Å². The highest BCUT2D eigenvalue weighted by Crippen LogP contribution is 2.06. The van der Waals surface area contributed by atoms with E-state index < -0.39 is 6.67 Å². The summed E-state index contributed by atoms with van der Waals surface area (Å²) in [5, 5.41) is 3.31. The summed E-state index contributed by atoms with van der Waals surface area (Å²) in [5.74, 6) is 0. The lowest BCUT2D eigenvalue weighted by molar-refractivity contribution is 0.561. The largest absolute Gasteiger partial charge is 0.382 e. The van der Waals surface area contributed by atoms with Crippen LogP contribution in [0.3, 0.4) is 0 Å². The van der Waals surface area contributed by atoms with Crippen LogP contribution in [0, 0.1) is 0 Å². The molecule has 0 aromatic carbocycles. The van der Waals surface area contributed by atoms with Gasteiger partial charge >= 0.3 is 0 Å². The minimum atomic E-state index is -0.410. The first-order valence-electron chi connectivity index (χ1n) is 4.93. The first-order chi connectivity index (χ1) is 6.65. The predicted octanol–water partition coefficient (Wildman–Crippen LogP) is 3.36. The fraction of sp³-hybridized carbons (Fsp3) is 0.500. The van der Waals surface area contributed by atoms with Gasteiger partial charge in [0.15, 0.2) is 0 Å². The Morgan fingerprint density at radius 1 is 1.36 bits per heavy atom. The van der Waals surface area contributed by atoms with Crippen molar-refractivity contribution in [3.63, 3.8) is 0 Å². The van der Waals surface area contributed by atoms with Crippen LogP contribution in [-0.2, 0) is 0 Å². The maximum Gasteiger partial charge on any atom is 0.108 e. The van der Waals surface area contributed by atoms with Crippen molar-refractivity contribution in [1.82, 2.24) is 5.32 Å². The molecule has 1 nitrogen and oxygen atoms in total. The van der Waals surface area contributed by atoms with Crippen LogP contribution < -0.4 is 5.32 Å². The molecule has 0 heterocycles. The maximum atomic E-state index is 11.9. The molecule has 0 amide bonds. The van der Waals surface area contributed by atoms with Crippen LogP contribution in [0.15, 0.2) is 35.6 Å². The second-order valence-corrected chi connectivity index (χ2v) is 3.18. The summed E-state index contributed by atoms with van der Waals surface area (Å²) in [5.41, 5.74) is 2.23. The van der Waals surface area contributed by atoms with Crippen LogP contribution in [0.4, 0.5) is 4.39 Å². The van der Waals surface area contributed by atoms with Gasteiger partial charge in [0.25, 0.3) is 0 Å². The molecule has 0 radical (unpaired) electrons. The quantitative estimate of drug-likeness (QED) is 0.666. The molecule has 0 rings (SSSR count). The van der Waals surface area contributed by atoms with Crippen molar-refractivity contribution < 1.29 is 4.39 Å². The number of nitrogens with one attached hydrogen (secondary N) is 1. The molecule has 0 bridgehead atoms. The summed E-state index contributed by atoms with van der Waals surface area (Å²) in [4.78, 5) is 0. The Bertz CT molecular complexity index is 239. The van der Waals surface area contributed by atoms with E-state index in [2.05, 4.69) is 12.2 Å². The van der Waals surface area contributed by atoms with Crippen molar-refractivity contribution >= 4 is 0 Å². The first-order valence-corrected chi connectivity index (χ1v) is 4.93. The van der Waals surface area contributed by atoms with Crippen molar-refractivity contribution in [2.45, 2.75) is 33.7 Å². The Labute approximate surface area is 86.4 Å². The minimum absolute atomic E-state index is 0.221. The molecule has 0 aliphatic rings. The lowest BCUT2D eigenvalue weighted by Gasteiger charge is -2.16. The van der Waals surface area contributed by atoms with E-state index in [1.807, 2.05) is 39.0 Å². The molecular weight excluding hydrogens is 177 g/mol. The van der Waals surface area contributed by atoms with Gasteiger partial charge in [0.2, 0.25) is 0 Å². The van der Waals surface area contributed by atoms with Crippen LogP contribution in [0.2, 0.25) is 0 Å². The lowest BCUT2D eigenvalue weighted by atomic mass is 10.1. The smallest absolute Gasteiger partial charge is 0.108 e. The van der Waals surface area contributed by atoms with Gasteiger partial charge < -0.3 is 5.32 Å². The lowest BCUT2D eigenvalue weighted by Crippen LogP contribution is -2.25. The highest BCUT2D eigenvalue weighted by molar-refractivity contribution is 5.24. The average Bonchev–Trinajstić information content (AvgIpc) is 2.18. The predicted molar refractivity (Wildman–Crippen MR) is 60.9 cm³/mol. The zero-order chi connectivity index (χ0) is 11.0. The fourth-order valence-electron chi connectivity index (χ4n) is 1.18. The number of allylic oxidation sites excluding steroid dienone is 4. The Kier molecular flexibility index (Phi) is 6.81. The van der Waals surface area contributed by atoms with Gasteiger partial charge in [-0.15, -0.1) is 0 Å². The van der Waals surface area contributed by atoms with Gasteiger partial charge in [-0.25, -0.2) is 4.39 Å². The molecule has 0 aliphatic carbocycles. The Hall–Kier alpha value is -1.05. The van der Waals surface area contributed by atoms with Crippen LogP contribution in [0.5, 0.6) is 0 Å². The van der Waals surface area contributed by atoms with Gasteiger partial charge in [-0.2, -0.15) is 0 Å². The van der Waals surface area contributed by atoms with Gasteiger partial charge in [-0.3, -0.25) is 0 Å². The third-order valence-electron chi connectivity index (χ3n) is 2.11. The molecule has 2 heteroatoms. The standard InChI is InChI=1S/C12H20FN/c1-5-10(3)14-11(4)12(6-2)8-7-9-13/h5-8,11,14H,9H2,1-4H3/b8-7-,10-5+,12-6+. The van der Waals surface area contributed by atoms with E-state index in [0.29, 0.717) is 0 Å². The molecule has 0 fully saturated rings. The molecule has 14 heavy (non-hydrogen) atoms. The van der Waals surface area contributed by atoms with Crippen molar-refractivity contribution in [3.05, 3.63) is 35.6 Å². The van der Waals surface area contributed by atoms with Crippen molar-refractivity contribution in [2.75, 3.05) is 6.67 Å². The summed E-state index contributed by atoms with van der Waals surface area (Å²) < 4.78 is 11.9. The molecule has 0 aliphatic heterocycles. The highest BCUT2D eigenvalue weighted by Gasteiger charge is 2.03. The van der Waals surface area contributed by atoms with E-state index in [9.17, 15) is 4.39 Å². The normalized spacial score (nSPS) is 16.1. The van der Waals surface area contributed by atoms with E-state index in [1.54, 1.807) is 0 Å². The second-order valence-electron chi connectivity index (χ2n) is 3.18. The van der Waals surface area contributed by atoms with Gasteiger partial charge in [-0.1, -0.05) is 24.3 Å². The number of alkyl halides is 1. The topological polar surface area (TPSA) is 12.0 Å². The first kappa shape index (κ1) is 12.9. The molecule has 1 atom stereocenters. The molecule has 0 aromatic rings. The summed E-state index contributed by atoms with van der Waals surface area (Å²) in [6.45, 7) is 7.61. The fourth-order valence-corrected chi connectivity index (χ4v) is 1.18. The van der Waals surface area contributed by atoms with E-state index in [1.165, 1.54) is 6.08 Å². The van der Waals surface area contributed by atoms with E-state index in [4.69, 9.17) is 0 Å². The van der Waals surface area contributed by atoms with Crippen LogP contribution in [0.1, 0.15) is 27.7 Å². The summed E-state index contributed by atoms with van der Waals surface area (Å²) in [6, 6.07) is 0.221. The summed E-state index contributed by atoms with van der Waals surface area (Å²) in [7, 11) is 0. The zero-order valence-electron chi connectivity index (χ0n) is 9.47. The minimum Gasteiger partial charge on any atom is -0.382 e. The Morgan fingerprint density at radius 3 is 2.43 bits per heavy atom. The number of hydrogen-bond donors (Lipinski definition) is 1. The molecular formula is C12H20FN. The molecule has 80 valence electrons. The van der Waals surface area contributed by atoms with Crippen LogP contribution in [0.25, 0.3) is 0 Å². The van der Waals surface area contributed by atoms with E-state index in [0.717, 1.165) is 11.3 Å². The third kappa shape index (κ3) is 4.85. The second kappa shape index (κ2) is 7.36. The van der Waals surface area contributed by atoms with Gasteiger partial charge in [0.05, 0.1) is 0 Å².